The molecule has 6 heteroatoms. The first kappa shape index (κ1) is 15.4. The molecule has 1 rings (SSSR count). The molecular formula is C13H15ClFNO3. The van der Waals surface area contributed by atoms with E-state index in [1.54, 1.807) is 0 Å². The molecule has 0 aliphatic heterocycles. The summed E-state index contributed by atoms with van der Waals surface area (Å²) in [5.74, 6) is -2.68. The van der Waals surface area contributed by atoms with Crippen molar-refractivity contribution in [3.8, 4) is 0 Å². The van der Waals surface area contributed by atoms with Crippen molar-refractivity contribution in [2.75, 3.05) is 0 Å². The number of carboxylic acid groups (broad SMARTS) is 1. The molecule has 0 heterocycles. The van der Waals surface area contributed by atoms with Gasteiger partial charge in [-0.1, -0.05) is 31.5 Å². The topological polar surface area (TPSA) is 66.4 Å². The van der Waals surface area contributed by atoms with Gasteiger partial charge in [0.1, 0.15) is 11.9 Å². The summed E-state index contributed by atoms with van der Waals surface area (Å²) >= 11 is 5.74. The Morgan fingerprint density at radius 1 is 1.42 bits per heavy atom. The van der Waals surface area contributed by atoms with E-state index in [0.717, 1.165) is 6.07 Å². The molecule has 0 aliphatic carbocycles. The van der Waals surface area contributed by atoms with Crippen LogP contribution in [-0.2, 0) is 4.79 Å². The minimum absolute atomic E-state index is 0.0498. The Balaban J connectivity index is 2.91. The van der Waals surface area contributed by atoms with E-state index in [0.29, 0.717) is 0 Å². The van der Waals surface area contributed by atoms with Crippen molar-refractivity contribution in [2.24, 2.45) is 5.92 Å². The molecule has 1 aromatic carbocycles. The van der Waals surface area contributed by atoms with E-state index >= 15 is 0 Å². The van der Waals surface area contributed by atoms with Gasteiger partial charge in [-0.15, -0.1) is 0 Å². The normalized spacial score (nSPS) is 12.3. The van der Waals surface area contributed by atoms with E-state index in [-0.39, 0.29) is 22.9 Å². The van der Waals surface area contributed by atoms with E-state index in [2.05, 4.69) is 5.32 Å². The Hall–Kier alpha value is -1.62. The molecule has 4 nitrogen and oxygen atoms in total. The fraction of sp³-hybridized carbons (Fsp3) is 0.385. The number of carboxylic acids is 1. The maximum absolute atomic E-state index is 13.5. The molecule has 19 heavy (non-hydrogen) atoms. The number of hydrogen-bond acceptors (Lipinski definition) is 2. The van der Waals surface area contributed by atoms with Crippen LogP contribution in [0.4, 0.5) is 4.39 Å². The molecule has 0 unspecified atom stereocenters. The second kappa shape index (κ2) is 6.52. The average Bonchev–Trinajstić information content (AvgIpc) is 2.27. The number of carbonyl (C=O) groups is 2. The first-order valence-electron chi connectivity index (χ1n) is 5.80. The third-order valence-corrected chi connectivity index (χ3v) is 2.82. The lowest BCUT2D eigenvalue weighted by atomic mass is 10.0. The summed E-state index contributed by atoms with van der Waals surface area (Å²) in [5.41, 5.74) is -0.334. The number of rotatable bonds is 5. The van der Waals surface area contributed by atoms with E-state index in [1.165, 1.54) is 12.1 Å². The molecule has 0 aliphatic rings. The summed E-state index contributed by atoms with van der Waals surface area (Å²) in [7, 11) is 0. The van der Waals surface area contributed by atoms with E-state index in [9.17, 15) is 14.0 Å². The maximum atomic E-state index is 13.5. The zero-order chi connectivity index (χ0) is 14.6. The summed E-state index contributed by atoms with van der Waals surface area (Å²) in [6.07, 6.45) is 0.257. The summed E-state index contributed by atoms with van der Waals surface area (Å²) in [5, 5.41) is 11.2. The molecule has 0 aromatic heterocycles. The Morgan fingerprint density at radius 2 is 2.05 bits per heavy atom. The van der Waals surface area contributed by atoms with Crippen molar-refractivity contribution in [1.29, 1.82) is 0 Å². The molecule has 1 amide bonds. The Kier molecular flexibility index (Phi) is 5.30. The SMILES string of the molecule is CC(C)C[C@H](NC(=O)c1c(F)cccc1Cl)C(=O)O. The largest absolute Gasteiger partial charge is 0.480 e. The van der Waals surface area contributed by atoms with Crippen LogP contribution in [0.15, 0.2) is 18.2 Å². The number of halogens is 2. The fourth-order valence-corrected chi connectivity index (χ4v) is 1.89. The first-order chi connectivity index (χ1) is 8.82. The molecule has 0 bridgehead atoms. The Bertz CT molecular complexity index is 471. The lowest BCUT2D eigenvalue weighted by Gasteiger charge is -2.17. The zero-order valence-corrected chi connectivity index (χ0v) is 11.4. The van der Waals surface area contributed by atoms with Gasteiger partial charge in [-0.3, -0.25) is 4.79 Å². The van der Waals surface area contributed by atoms with Gasteiger partial charge < -0.3 is 10.4 Å². The maximum Gasteiger partial charge on any atom is 0.326 e. The van der Waals surface area contributed by atoms with Gasteiger partial charge in [0, 0.05) is 0 Å². The summed E-state index contributed by atoms with van der Waals surface area (Å²) in [6.45, 7) is 3.66. The van der Waals surface area contributed by atoms with Crippen molar-refractivity contribution >= 4 is 23.5 Å². The lowest BCUT2D eigenvalue weighted by Crippen LogP contribution is -2.42. The third kappa shape index (κ3) is 4.21. The number of nitrogens with one attached hydrogen (secondary N) is 1. The van der Waals surface area contributed by atoms with Crippen molar-refractivity contribution < 1.29 is 19.1 Å². The molecule has 1 aromatic rings. The van der Waals surface area contributed by atoms with E-state index in [4.69, 9.17) is 16.7 Å². The quantitative estimate of drug-likeness (QED) is 0.875. The van der Waals surface area contributed by atoms with Gasteiger partial charge in [0.2, 0.25) is 0 Å². The first-order valence-corrected chi connectivity index (χ1v) is 6.18. The third-order valence-electron chi connectivity index (χ3n) is 2.50. The van der Waals surface area contributed by atoms with Gasteiger partial charge in [0.05, 0.1) is 10.6 Å². The van der Waals surface area contributed by atoms with Crippen molar-refractivity contribution in [1.82, 2.24) is 5.32 Å². The van der Waals surface area contributed by atoms with Crippen LogP contribution >= 0.6 is 11.6 Å². The van der Waals surface area contributed by atoms with Crippen LogP contribution in [0.5, 0.6) is 0 Å². The van der Waals surface area contributed by atoms with E-state index in [1.807, 2.05) is 13.8 Å². The molecule has 2 N–H and O–H groups in total. The molecule has 0 fully saturated rings. The molecule has 0 saturated heterocycles. The summed E-state index contributed by atoms with van der Waals surface area (Å²) in [4.78, 5) is 22.9. The molecule has 0 spiro atoms. The highest BCUT2D eigenvalue weighted by molar-refractivity contribution is 6.33. The van der Waals surface area contributed by atoms with Gasteiger partial charge in [-0.2, -0.15) is 0 Å². The minimum Gasteiger partial charge on any atom is -0.480 e. The smallest absolute Gasteiger partial charge is 0.326 e. The Morgan fingerprint density at radius 3 is 2.53 bits per heavy atom. The molecule has 0 saturated carbocycles. The number of benzene rings is 1. The van der Waals surface area contributed by atoms with Crippen molar-refractivity contribution in [3.63, 3.8) is 0 Å². The molecule has 1 atom stereocenters. The highest BCUT2D eigenvalue weighted by Gasteiger charge is 2.24. The molecule has 104 valence electrons. The monoisotopic (exact) mass is 287 g/mol. The predicted octanol–water partition coefficient (Wildman–Crippen LogP) is 2.71. The zero-order valence-electron chi connectivity index (χ0n) is 10.6. The average molecular weight is 288 g/mol. The number of hydrogen-bond donors (Lipinski definition) is 2. The van der Waals surface area contributed by atoms with Crippen molar-refractivity contribution in [3.05, 3.63) is 34.6 Å². The van der Waals surface area contributed by atoms with Gasteiger partial charge in [0.15, 0.2) is 0 Å². The highest BCUT2D eigenvalue weighted by atomic mass is 35.5. The molecule has 0 radical (unpaired) electrons. The van der Waals surface area contributed by atoms with Gasteiger partial charge in [-0.25, -0.2) is 9.18 Å². The lowest BCUT2D eigenvalue weighted by molar-refractivity contribution is -0.139. The van der Waals surface area contributed by atoms with Gasteiger partial charge in [0.25, 0.3) is 5.91 Å². The van der Waals surface area contributed by atoms with Crippen LogP contribution in [0.25, 0.3) is 0 Å². The summed E-state index contributed by atoms with van der Waals surface area (Å²) < 4.78 is 13.5. The fourth-order valence-electron chi connectivity index (χ4n) is 1.64. The number of carbonyl (C=O) groups excluding carboxylic acids is 1. The summed E-state index contributed by atoms with van der Waals surface area (Å²) in [6, 6.07) is 2.77. The van der Waals surface area contributed by atoms with Crippen LogP contribution in [0.1, 0.15) is 30.6 Å². The second-order valence-corrected chi connectivity index (χ2v) is 5.00. The van der Waals surface area contributed by atoms with Crippen LogP contribution in [0.2, 0.25) is 5.02 Å². The van der Waals surface area contributed by atoms with Crippen LogP contribution in [0.3, 0.4) is 0 Å². The number of aliphatic carboxylic acids is 1. The van der Waals surface area contributed by atoms with Crippen LogP contribution in [-0.4, -0.2) is 23.0 Å². The highest BCUT2D eigenvalue weighted by Crippen LogP contribution is 2.19. The van der Waals surface area contributed by atoms with Crippen LogP contribution in [0, 0.1) is 11.7 Å². The van der Waals surface area contributed by atoms with Gasteiger partial charge in [-0.05, 0) is 24.5 Å². The van der Waals surface area contributed by atoms with E-state index < -0.39 is 23.7 Å². The van der Waals surface area contributed by atoms with Crippen LogP contribution < -0.4 is 5.32 Å². The van der Waals surface area contributed by atoms with Gasteiger partial charge >= 0.3 is 5.97 Å². The number of amides is 1. The Labute approximate surface area is 115 Å². The predicted molar refractivity (Wildman–Crippen MR) is 69.8 cm³/mol. The van der Waals surface area contributed by atoms with Crippen molar-refractivity contribution in [2.45, 2.75) is 26.3 Å². The second-order valence-electron chi connectivity index (χ2n) is 4.59. The standard InChI is InChI=1S/C13H15ClFNO3/c1-7(2)6-10(13(18)19)16-12(17)11-8(14)4-3-5-9(11)15/h3-5,7,10H,6H2,1-2H3,(H,16,17)(H,18,19)/t10-/m0/s1. The molecular weight excluding hydrogens is 273 g/mol. The minimum atomic E-state index is -1.16.